The topological polar surface area (TPSA) is 56.1 Å². The summed E-state index contributed by atoms with van der Waals surface area (Å²) >= 11 is 6.74. The molecule has 1 amide bonds. The van der Waals surface area contributed by atoms with E-state index in [1.807, 2.05) is 42.2 Å². The van der Waals surface area contributed by atoms with Crippen LogP contribution in [0.1, 0.15) is 25.3 Å². The number of phenols is 1. The summed E-state index contributed by atoms with van der Waals surface area (Å²) in [6.07, 6.45) is 3.18. The van der Waals surface area contributed by atoms with Gasteiger partial charge in [-0.05, 0) is 58.7 Å². The lowest BCUT2D eigenvalue weighted by Crippen LogP contribution is -2.48. The normalized spacial score (nSPS) is 14.7. The largest absolute Gasteiger partial charge is 0.506 e. The van der Waals surface area contributed by atoms with Crippen molar-refractivity contribution in [2.75, 3.05) is 31.1 Å². The van der Waals surface area contributed by atoms with Crippen molar-refractivity contribution in [3.05, 3.63) is 50.9 Å². The standard InChI is InChI=1S/C21H23Br2N3O2/c1-2-3-20(27)26-10-8-25(9-11-26)18-6-4-17(5-7-18)24-14-15-12-16(22)13-19(23)21(15)28/h4-7,12-14,28H,2-3,8-11H2,1H3. The van der Waals surface area contributed by atoms with Crippen LogP contribution in [0.3, 0.4) is 0 Å². The third kappa shape index (κ3) is 5.14. The number of aromatic hydroxyl groups is 1. The second-order valence-electron chi connectivity index (χ2n) is 6.72. The number of amides is 1. The van der Waals surface area contributed by atoms with Gasteiger partial charge in [0.25, 0.3) is 0 Å². The van der Waals surface area contributed by atoms with E-state index in [1.54, 1.807) is 12.3 Å². The fourth-order valence-corrected chi connectivity index (χ4v) is 4.42. The molecule has 2 aromatic rings. The predicted molar refractivity (Wildman–Crippen MR) is 121 cm³/mol. The van der Waals surface area contributed by atoms with Gasteiger partial charge in [0.05, 0.1) is 10.2 Å². The maximum Gasteiger partial charge on any atom is 0.222 e. The number of benzene rings is 2. The van der Waals surface area contributed by atoms with Gasteiger partial charge < -0.3 is 14.9 Å². The summed E-state index contributed by atoms with van der Waals surface area (Å²) < 4.78 is 1.49. The first-order chi connectivity index (χ1) is 13.5. The molecule has 1 heterocycles. The molecule has 0 atom stereocenters. The zero-order valence-corrected chi connectivity index (χ0v) is 18.9. The van der Waals surface area contributed by atoms with Crippen molar-refractivity contribution in [2.45, 2.75) is 19.8 Å². The van der Waals surface area contributed by atoms with Gasteiger partial charge in [0.1, 0.15) is 5.75 Å². The lowest BCUT2D eigenvalue weighted by molar-refractivity contribution is -0.131. The summed E-state index contributed by atoms with van der Waals surface area (Å²) in [5.74, 6) is 0.424. The summed E-state index contributed by atoms with van der Waals surface area (Å²) in [7, 11) is 0. The summed E-state index contributed by atoms with van der Waals surface area (Å²) in [4.78, 5) is 20.7. The fourth-order valence-electron chi connectivity index (χ4n) is 3.16. The average molecular weight is 509 g/mol. The highest BCUT2D eigenvalue weighted by atomic mass is 79.9. The molecule has 0 unspecified atom stereocenters. The number of nitrogens with zero attached hydrogens (tertiary/aromatic N) is 3. The molecule has 3 rings (SSSR count). The smallest absolute Gasteiger partial charge is 0.222 e. The molecule has 1 N–H and O–H groups in total. The Bertz CT molecular complexity index is 861. The van der Waals surface area contributed by atoms with Gasteiger partial charge in [0, 0.05) is 54.5 Å². The van der Waals surface area contributed by atoms with Crippen LogP contribution in [-0.2, 0) is 4.79 Å². The minimum Gasteiger partial charge on any atom is -0.506 e. The van der Waals surface area contributed by atoms with E-state index in [9.17, 15) is 9.90 Å². The lowest BCUT2D eigenvalue weighted by Gasteiger charge is -2.36. The van der Waals surface area contributed by atoms with Gasteiger partial charge in [0.15, 0.2) is 0 Å². The Hall–Kier alpha value is -1.86. The second kappa shape index (κ2) is 9.56. The maximum atomic E-state index is 12.0. The Labute approximate surface area is 182 Å². The van der Waals surface area contributed by atoms with Gasteiger partial charge in [-0.2, -0.15) is 0 Å². The third-order valence-electron chi connectivity index (χ3n) is 4.72. The zero-order chi connectivity index (χ0) is 20.1. The number of piperazine rings is 1. The fraction of sp³-hybridized carbons (Fsp3) is 0.333. The molecule has 1 saturated heterocycles. The van der Waals surface area contributed by atoms with Crippen LogP contribution in [0.4, 0.5) is 11.4 Å². The molecule has 1 aliphatic heterocycles. The van der Waals surface area contributed by atoms with Crippen molar-refractivity contribution in [1.29, 1.82) is 0 Å². The van der Waals surface area contributed by atoms with E-state index < -0.39 is 0 Å². The third-order valence-corrected chi connectivity index (χ3v) is 5.78. The number of hydrogen-bond donors (Lipinski definition) is 1. The van der Waals surface area contributed by atoms with Crippen molar-refractivity contribution in [3.63, 3.8) is 0 Å². The van der Waals surface area contributed by atoms with E-state index in [0.717, 1.165) is 48.4 Å². The van der Waals surface area contributed by atoms with Crippen molar-refractivity contribution >= 4 is 55.4 Å². The van der Waals surface area contributed by atoms with Crippen molar-refractivity contribution in [3.8, 4) is 5.75 Å². The second-order valence-corrected chi connectivity index (χ2v) is 8.49. The van der Waals surface area contributed by atoms with Crippen LogP contribution in [0.5, 0.6) is 5.75 Å². The number of anilines is 1. The van der Waals surface area contributed by atoms with E-state index in [4.69, 9.17) is 0 Å². The van der Waals surface area contributed by atoms with E-state index in [1.165, 1.54) is 0 Å². The summed E-state index contributed by atoms with van der Waals surface area (Å²) in [5.41, 5.74) is 2.59. The monoisotopic (exact) mass is 507 g/mol. The Morgan fingerprint density at radius 3 is 2.46 bits per heavy atom. The molecule has 2 aromatic carbocycles. The van der Waals surface area contributed by atoms with Gasteiger partial charge in [-0.3, -0.25) is 9.79 Å². The Balaban J connectivity index is 1.62. The number of aliphatic imine (C=N–C) groups is 1. The highest BCUT2D eigenvalue weighted by molar-refractivity contribution is 9.11. The molecule has 0 bridgehead atoms. The lowest BCUT2D eigenvalue weighted by atomic mass is 10.2. The van der Waals surface area contributed by atoms with Crippen LogP contribution in [0.2, 0.25) is 0 Å². The molecule has 148 valence electrons. The van der Waals surface area contributed by atoms with Gasteiger partial charge in [-0.15, -0.1) is 0 Å². The van der Waals surface area contributed by atoms with Gasteiger partial charge >= 0.3 is 0 Å². The van der Waals surface area contributed by atoms with E-state index in [2.05, 4.69) is 41.8 Å². The van der Waals surface area contributed by atoms with Crippen molar-refractivity contribution in [2.24, 2.45) is 4.99 Å². The van der Waals surface area contributed by atoms with Crippen LogP contribution in [0.15, 0.2) is 50.3 Å². The summed E-state index contributed by atoms with van der Waals surface area (Å²) in [5, 5.41) is 10.1. The Morgan fingerprint density at radius 1 is 1.14 bits per heavy atom. The van der Waals surface area contributed by atoms with E-state index in [-0.39, 0.29) is 11.7 Å². The molecule has 0 aromatic heterocycles. The molecule has 0 spiro atoms. The maximum absolute atomic E-state index is 12.0. The number of hydrogen-bond acceptors (Lipinski definition) is 4. The van der Waals surface area contributed by atoms with Gasteiger partial charge in [-0.25, -0.2) is 0 Å². The van der Waals surface area contributed by atoms with Crippen molar-refractivity contribution in [1.82, 2.24) is 4.90 Å². The Kier molecular flexibility index (Phi) is 7.13. The molecule has 0 saturated carbocycles. The number of carbonyl (C=O) groups excluding carboxylic acids is 1. The SMILES string of the molecule is CCCC(=O)N1CCN(c2ccc(N=Cc3cc(Br)cc(Br)c3O)cc2)CC1. The Morgan fingerprint density at radius 2 is 1.82 bits per heavy atom. The molecule has 28 heavy (non-hydrogen) atoms. The first kappa shape index (κ1) is 20.9. The number of rotatable bonds is 5. The van der Waals surface area contributed by atoms with Gasteiger partial charge in [-0.1, -0.05) is 22.9 Å². The van der Waals surface area contributed by atoms with Crippen LogP contribution in [0.25, 0.3) is 0 Å². The highest BCUT2D eigenvalue weighted by Crippen LogP contribution is 2.31. The molecule has 5 nitrogen and oxygen atoms in total. The highest BCUT2D eigenvalue weighted by Gasteiger charge is 2.20. The van der Waals surface area contributed by atoms with Crippen LogP contribution in [0, 0.1) is 0 Å². The molecule has 1 aliphatic rings. The summed E-state index contributed by atoms with van der Waals surface area (Å²) in [6, 6.07) is 11.6. The molecule has 1 fully saturated rings. The molecular weight excluding hydrogens is 486 g/mol. The van der Waals surface area contributed by atoms with Crippen molar-refractivity contribution < 1.29 is 9.90 Å². The first-order valence-corrected chi connectivity index (χ1v) is 10.9. The zero-order valence-electron chi connectivity index (χ0n) is 15.7. The number of carbonyl (C=O) groups is 1. The van der Waals surface area contributed by atoms with E-state index in [0.29, 0.717) is 16.5 Å². The first-order valence-electron chi connectivity index (χ1n) is 9.33. The van der Waals surface area contributed by atoms with Gasteiger partial charge in [0.2, 0.25) is 5.91 Å². The van der Waals surface area contributed by atoms with Crippen LogP contribution < -0.4 is 4.90 Å². The average Bonchev–Trinajstić information content (AvgIpc) is 2.70. The van der Waals surface area contributed by atoms with E-state index >= 15 is 0 Å². The predicted octanol–water partition coefficient (Wildman–Crippen LogP) is 5.12. The molecular formula is C21H23Br2N3O2. The molecule has 7 heteroatoms. The quantitative estimate of drug-likeness (QED) is 0.570. The molecule has 0 aliphatic carbocycles. The summed E-state index contributed by atoms with van der Waals surface area (Å²) in [6.45, 7) is 5.27. The van der Waals surface area contributed by atoms with Crippen LogP contribution >= 0.6 is 31.9 Å². The van der Waals surface area contributed by atoms with Crippen LogP contribution in [-0.4, -0.2) is 48.3 Å². The minimum atomic E-state index is 0.166. The minimum absolute atomic E-state index is 0.166. The number of halogens is 2. The number of phenolic OH excluding ortho intramolecular Hbond substituents is 1. The molecule has 0 radical (unpaired) electrons.